The highest BCUT2D eigenvalue weighted by Crippen LogP contribution is 2.50. The fraction of sp³-hybridized carbons (Fsp3) is 0.700. The van der Waals surface area contributed by atoms with E-state index in [0.29, 0.717) is 0 Å². The van der Waals surface area contributed by atoms with Crippen LogP contribution in [0.2, 0.25) is 0 Å². The number of carbonyl (C=O) groups is 3. The number of carboxylic acid groups (broad SMARTS) is 1. The van der Waals surface area contributed by atoms with Crippen LogP contribution in [0.4, 0.5) is 0 Å². The zero-order valence-corrected chi connectivity index (χ0v) is 13.5. The molecule has 0 unspecified atom stereocenters. The molecule has 2 fully saturated rings. The number of rotatable bonds is 2. The van der Waals surface area contributed by atoms with Crippen LogP contribution in [-0.4, -0.2) is 53.8 Å². The molecule has 0 aromatic heterocycles. The third kappa shape index (κ3) is 2.45. The molecule has 3 atom stereocenters. The van der Waals surface area contributed by atoms with Crippen LogP contribution in [0.25, 0.3) is 0 Å². The Morgan fingerprint density at radius 3 is 2.40 bits per heavy atom. The molecule has 10 heteroatoms. The average Bonchev–Trinajstić information content (AvgIpc) is 2.53. The number of alkyl halides is 3. The molecule has 2 amide bonds. The van der Waals surface area contributed by atoms with E-state index < -0.39 is 43.8 Å². The Bertz CT molecular complexity index is 493. The van der Waals surface area contributed by atoms with Crippen LogP contribution in [0.3, 0.4) is 0 Å². The fourth-order valence-corrected chi connectivity index (χ4v) is 4.16. The van der Waals surface area contributed by atoms with Gasteiger partial charge in [-0.25, -0.2) is 4.79 Å². The van der Waals surface area contributed by atoms with Gasteiger partial charge in [0, 0.05) is 4.75 Å². The van der Waals surface area contributed by atoms with Crippen LogP contribution in [0.5, 0.6) is 0 Å². The normalized spacial score (nSPS) is 31.6. The molecule has 0 saturated carbocycles. The largest absolute Gasteiger partial charge is 0.480 e. The number of carbonyl (C=O) groups excluding carboxylic acids is 2. The van der Waals surface area contributed by atoms with E-state index in [1.807, 2.05) is 0 Å². The average molecular weight is 362 g/mol. The number of fused-ring (bicyclic) bond motifs is 1. The first-order valence-corrected chi connectivity index (χ1v) is 7.58. The summed E-state index contributed by atoms with van der Waals surface area (Å²) in [6.45, 7) is 3.46. The van der Waals surface area contributed by atoms with Crippen LogP contribution in [0, 0.1) is 0 Å². The van der Waals surface area contributed by atoms with Gasteiger partial charge in [0.1, 0.15) is 17.5 Å². The van der Waals surface area contributed by atoms with E-state index in [1.165, 1.54) is 16.7 Å². The predicted molar refractivity (Wildman–Crippen MR) is 75.9 cm³/mol. The predicted octanol–water partition coefficient (Wildman–Crippen LogP) is 0.988. The topological polar surface area (TPSA) is 86.7 Å². The SMILES string of the molecule is CC1(C)S[C@@H]2[C@H](NC(=O)C(Cl)(Cl)Cl)C(=O)N2[C@H]1C(=O)O. The second kappa shape index (κ2) is 4.83. The fourth-order valence-electron chi connectivity index (χ4n) is 2.37. The smallest absolute Gasteiger partial charge is 0.327 e. The molecular weight excluding hydrogens is 351 g/mol. The minimum absolute atomic E-state index is 0.463. The minimum Gasteiger partial charge on any atom is -0.480 e. The molecule has 2 aliphatic rings. The Hall–Kier alpha value is -0.370. The molecule has 2 N–H and O–H groups in total. The van der Waals surface area contributed by atoms with Crippen LogP contribution < -0.4 is 5.32 Å². The highest BCUT2D eigenvalue weighted by atomic mass is 35.6. The Morgan fingerprint density at radius 1 is 1.40 bits per heavy atom. The van der Waals surface area contributed by atoms with Gasteiger partial charge >= 0.3 is 5.97 Å². The van der Waals surface area contributed by atoms with Crippen molar-refractivity contribution in [2.45, 2.75) is 39.8 Å². The summed E-state index contributed by atoms with van der Waals surface area (Å²) < 4.78 is -2.82. The molecule has 0 aromatic rings. The Balaban J connectivity index is 2.15. The van der Waals surface area contributed by atoms with Crippen molar-refractivity contribution in [1.29, 1.82) is 0 Å². The van der Waals surface area contributed by atoms with Crippen molar-refractivity contribution in [2.24, 2.45) is 0 Å². The molecule has 2 rings (SSSR count). The first-order valence-electron chi connectivity index (χ1n) is 5.57. The molecule has 112 valence electrons. The Kier molecular flexibility index (Phi) is 3.86. The molecule has 0 radical (unpaired) electrons. The summed E-state index contributed by atoms with van der Waals surface area (Å²) in [6.07, 6.45) is 0. The number of halogens is 3. The van der Waals surface area contributed by atoms with Gasteiger partial charge in [0.15, 0.2) is 0 Å². The maximum Gasteiger partial charge on any atom is 0.327 e. The number of nitrogens with zero attached hydrogens (tertiary/aromatic N) is 1. The zero-order chi connectivity index (χ0) is 15.5. The molecule has 2 heterocycles. The van der Waals surface area contributed by atoms with Crippen LogP contribution in [0.15, 0.2) is 0 Å². The maximum atomic E-state index is 12.0. The lowest BCUT2D eigenvalue weighted by atomic mass is 9.96. The first-order chi connectivity index (χ1) is 8.97. The lowest BCUT2D eigenvalue weighted by Gasteiger charge is -2.43. The standard InChI is InChI=1S/C10H11Cl3N2O4S/c1-9(2)4(7(17)18)15-5(16)3(6(15)20-9)14-8(19)10(11,12)13/h3-4,6H,1-2H3,(H,14,19)(H,17,18)/t3-,4+,6-/m1/s1. The zero-order valence-electron chi connectivity index (χ0n) is 10.4. The quantitative estimate of drug-likeness (QED) is 0.566. The number of hydrogen-bond donors (Lipinski definition) is 2. The van der Waals surface area contributed by atoms with Gasteiger partial charge < -0.3 is 15.3 Å². The van der Waals surface area contributed by atoms with Gasteiger partial charge in [0.2, 0.25) is 5.91 Å². The number of nitrogens with one attached hydrogen (secondary N) is 1. The van der Waals surface area contributed by atoms with E-state index in [4.69, 9.17) is 34.8 Å². The summed E-state index contributed by atoms with van der Waals surface area (Å²) >= 11 is 17.6. The molecule has 0 spiro atoms. The van der Waals surface area contributed by atoms with E-state index in [2.05, 4.69) is 5.32 Å². The molecule has 2 saturated heterocycles. The van der Waals surface area contributed by atoms with Crippen LogP contribution >= 0.6 is 46.6 Å². The summed E-state index contributed by atoms with van der Waals surface area (Å²) in [7, 11) is 0. The summed E-state index contributed by atoms with van der Waals surface area (Å²) in [4.78, 5) is 36.1. The maximum absolute atomic E-state index is 12.0. The number of hydrogen-bond acceptors (Lipinski definition) is 4. The molecule has 20 heavy (non-hydrogen) atoms. The molecule has 2 aliphatic heterocycles. The lowest BCUT2D eigenvalue weighted by molar-refractivity contribution is -0.161. The highest BCUT2D eigenvalue weighted by molar-refractivity contribution is 8.01. The summed E-state index contributed by atoms with van der Waals surface area (Å²) in [5.74, 6) is -2.47. The van der Waals surface area contributed by atoms with Crippen molar-refractivity contribution in [3.63, 3.8) is 0 Å². The monoisotopic (exact) mass is 360 g/mol. The Morgan fingerprint density at radius 2 is 1.95 bits per heavy atom. The van der Waals surface area contributed by atoms with Gasteiger partial charge in [-0.1, -0.05) is 34.8 Å². The number of β-lactam (4-membered cyclic amide) rings is 1. The van der Waals surface area contributed by atoms with Crippen LogP contribution in [-0.2, 0) is 14.4 Å². The summed E-state index contributed by atoms with van der Waals surface area (Å²) in [6, 6.07) is -1.81. The Labute approximate surface area is 134 Å². The molecule has 0 aromatic carbocycles. The minimum atomic E-state index is -2.16. The second-order valence-electron chi connectivity index (χ2n) is 5.05. The van der Waals surface area contributed by atoms with Gasteiger partial charge in [-0.3, -0.25) is 9.59 Å². The van der Waals surface area contributed by atoms with Gasteiger partial charge in [-0.2, -0.15) is 0 Å². The third-order valence-corrected chi connectivity index (χ3v) is 5.31. The number of aliphatic carboxylic acids is 1. The number of thioether (sulfide) groups is 1. The highest BCUT2D eigenvalue weighted by Gasteiger charge is 2.64. The van der Waals surface area contributed by atoms with Gasteiger partial charge in [0.25, 0.3) is 9.70 Å². The second-order valence-corrected chi connectivity index (χ2v) is 9.10. The van der Waals surface area contributed by atoms with E-state index >= 15 is 0 Å². The molecular formula is C10H11Cl3N2O4S. The van der Waals surface area contributed by atoms with E-state index in [9.17, 15) is 19.5 Å². The van der Waals surface area contributed by atoms with E-state index in [0.717, 1.165) is 0 Å². The number of amides is 2. The van der Waals surface area contributed by atoms with E-state index in [1.54, 1.807) is 13.8 Å². The summed E-state index contributed by atoms with van der Waals surface area (Å²) in [5, 5.41) is 11.1. The van der Waals surface area contributed by atoms with Crippen molar-refractivity contribution in [1.82, 2.24) is 10.2 Å². The summed E-state index contributed by atoms with van der Waals surface area (Å²) in [5.41, 5.74) is 0. The van der Waals surface area contributed by atoms with Crippen molar-refractivity contribution < 1.29 is 19.5 Å². The van der Waals surface area contributed by atoms with Crippen molar-refractivity contribution >= 4 is 64.3 Å². The van der Waals surface area contributed by atoms with Crippen LogP contribution in [0.1, 0.15) is 13.8 Å². The number of carboxylic acids is 1. The molecule has 0 aliphatic carbocycles. The van der Waals surface area contributed by atoms with E-state index in [-0.39, 0.29) is 0 Å². The van der Waals surface area contributed by atoms with Gasteiger partial charge in [-0.05, 0) is 13.8 Å². The third-order valence-electron chi connectivity index (χ3n) is 3.22. The lowest BCUT2D eigenvalue weighted by Crippen LogP contribution is -2.71. The van der Waals surface area contributed by atoms with Crippen molar-refractivity contribution in [3.8, 4) is 0 Å². The molecule has 6 nitrogen and oxygen atoms in total. The van der Waals surface area contributed by atoms with Gasteiger partial charge in [0.05, 0.1) is 0 Å². The van der Waals surface area contributed by atoms with Gasteiger partial charge in [-0.15, -0.1) is 11.8 Å². The van der Waals surface area contributed by atoms with Crippen molar-refractivity contribution in [2.75, 3.05) is 0 Å². The van der Waals surface area contributed by atoms with Crippen molar-refractivity contribution in [3.05, 3.63) is 0 Å². The first kappa shape index (κ1) is 16.0. The molecule has 0 bridgehead atoms.